The Morgan fingerprint density at radius 1 is 1.50 bits per heavy atom. The normalized spacial score (nSPS) is 18.8. The number of rotatable bonds is 2. The summed E-state index contributed by atoms with van der Waals surface area (Å²) >= 11 is 0. The van der Waals surface area contributed by atoms with Gasteiger partial charge in [0.1, 0.15) is 0 Å². The van der Waals surface area contributed by atoms with Gasteiger partial charge in [-0.1, -0.05) is 18.2 Å². The number of fused-ring (bicyclic) bond motifs is 3. The molecule has 94 valence electrons. The summed E-state index contributed by atoms with van der Waals surface area (Å²) in [6.07, 6.45) is 3.35. The number of carboxylic acid groups (broad SMARTS) is 1. The van der Waals surface area contributed by atoms with Crippen LogP contribution < -0.4 is 0 Å². The third kappa shape index (κ3) is 1.70. The molecule has 2 aromatic rings. The monoisotopic (exact) mass is 243 g/mol. The van der Waals surface area contributed by atoms with Gasteiger partial charge in [-0.05, 0) is 43.2 Å². The molecule has 3 nitrogen and oxygen atoms in total. The number of para-hydroxylation sites is 1. The Hall–Kier alpha value is -1.77. The molecule has 1 unspecified atom stereocenters. The van der Waals surface area contributed by atoms with Gasteiger partial charge in [0.25, 0.3) is 0 Å². The second kappa shape index (κ2) is 4.16. The summed E-state index contributed by atoms with van der Waals surface area (Å²) < 4.78 is 0. The molecule has 2 N–H and O–H groups in total. The lowest BCUT2D eigenvalue weighted by Gasteiger charge is -2.21. The van der Waals surface area contributed by atoms with Crippen molar-refractivity contribution in [3.8, 4) is 0 Å². The van der Waals surface area contributed by atoms with Crippen LogP contribution in [0, 0.1) is 6.92 Å². The average Bonchev–Trinajstić information content (AvgIpc) is 2.69. The Bertz CT molecular complexity index is 612. The summed E-state index contributed by atoms with van der Waals surface area (Å²) in [4.78, 5) is 14.5. The number of carboxylic acids is 1. The number of aliphatic carboxylic acids is 1. The largest absolute Gasteiger partial charge is 0.481 e. The molecule has 0 fully saturated rings. The van der Waals surface area contributed by atoms with Crippen molar-refractivity contribution < 1.29 is 9.90 Å². The Balaban J connectivity index is 2.18. The second-order valence-electron chi connectivity index (χ2n) is 5.20. The molecule has 18 heavy (non-hydrogen) atoms. The minimum absolute atomic E-state index is 0.168. The van der Waals surface area contributed by atoms with E-state index in [1.165, 1.54) is 27.7 Å². The number of aromatic amines is 1. The highest BCUT2D eigenvalue weighted by Gasteiger charge is 2.26. The van der Waals surface area contributed by atoms with Crippen molar-refractivity contribution in [3.05, 3.63) is 35.0 Å². The predicted molar refractivity (Wildman–Crippen MR) is 71.0 cm³/mol. The molecule has 1 aromatic heterocycles. The molecule has 1 aromatic carbocycles. The van der Waals surface area contributed by atoms with E-state index in [9.17, 15) is 4.79 Å². The first-order chi connectivity index (χ1) is 8.66. The van der Waals surface area contributed by atoms with Crippen LogP contribution in [0.15, 0.2) is 18.2 Å². The van der Waals surface area contributed by atoms with E-state index in [-0.39, 0.29) is 12.3 Å². The zero-order valence-electron chi connectivity index (χ0n) is 10.5. The van der Waals surface area contributed by atoms with Gasteiger partial charge in [0.05, 0.1) is 6.42 Å². The fraction of sp³-hybridized carbons (Fsp3) is 0.400. The highest BCUT2D eigenvalue weighted by Crippen LogP contribution is 2.39. The first-order valence-electron chi connectivity index (χ1n) is 6.48. The van der Waals surface area contributed by atoms with Crippen molar-refractivity contribution in [3.63, 3.8) is 0 Å². The number of aromatic nitrogens is 1. The molecule has 0 bridgehead atoms. The maximum atomic E-state index is 11.0. The molecule has 0 amide bonds. The summed E-state index contributed by atoms with van der Waals surface area (Å²) in [5.74, 6) is -0.531. The van der Waals surface area contributed by atoms with Crippen LogP contribution in [-0.2, 0) is 11.2 Å². The Kier molecular flexibility index (Phi) is 2.62. The van der Waals surface area contributed by atoms with Gasteiger partial charge in [-0.3, -0.25) is 4.79 Å². The third-order valence-electron chi connectivity index (χ3n) is 3.97. The van der Waals surface area contributed by atoms with E-state index in [1.54, 1.807) is 0 Å². The van der Waals surface area contributed by atoms with Crippen LogP contribution >= 0.6 is 0 Å². The topological polar surface area (TPSA) is 53.1 Å². The summed E-state index contributed by atoms with van der Waals surface area (Å²) in [7, 11) is 0. The highest BCUT2D eigenvalue weighted by molar-refractivity contribution is 5.88. The molecule has 3 rings (SSSR count). The van der Waals surface area contributed by atoms with Gasteiger partial charge in [0.2, 0.25) is 0 Å². The van der Waals surface area contributed by atoms with E-state index in [4.69, 9.17) is 5.11 Å². The Labute approximate surface area is 106 Å². The van der Waals surface area contributed by atoms with E-state index in [2.05, 4.69) is 30.1 Å². The van der Waals surface area contributed by atoms with E-state index < -0.39 is 5.97 Å². The lowest BCUT2D eigenvalue weighted by atomic mass is 9.83. The fourth-order valence-corrected chi connectivity index (χ4v) is 3.19. The summed E-state index contributed by atoms with van der Waals surface area (Å²) in [5, 5.41) is 10.3. The van der Waals surface area contributed by atoms with Crippen molar-refractivity contribution in [2.24, 2.45) is 0 Å². The van der Waals surface area contributed by atoms with E-state index >= 15 is 0 Å². The molecule has 0 saturated heterocycles. The maximum Gasteiger partial charge on any atom is 0.303 e. The first kappa shape index (κ1) is 11.3. The van der Waals surface area contributed by atoms with Gasteiger partial charge in [-0.2, -0.15) is 0 Å². The number of hydrogen-bond donors (Lipinski definition) is 2. The average molecular weight is 243 g/mol. The van der Waals surface area contributed by atoms with Gasteiger partial charge in [0, 0.05) is 16.6 Å². The standard InChI is InChI=1S/C15H17NO2/c1-9-4-2-6-11-14-10(8-13(17)18)5-3-7-12(14)16-15(9)11/h2,4,6,10,16H,3,5,7-8H2,1H3,(H,17,18). The van der Waals surface area contributed by atoms with Crippen molar-refractivity contribution in [2.45, 2.75) is 38.5 Å². The minimum Gasteiger partial charge on any atom is -0.481 e. The van der Waals surface area contributed by atoms with E-state index in [0.717, 1.165) is 19.3 Å². The van der Waals surface area contributed by atoms with E-state index in [1.807, 2.05) is 0 Å². The molecular weight excluding hydrogens is 226 g/mol. The predicted octanol–water partition coefficient (Wildman–Crippen LogP) is 3.37. The highest BCUT2D eigenvalue weighted by atomic mass is 16.4. The molecule has 1 atom stereocenters. The number of H-pyrrole nitrogens is 1. The summed E-state index contributed by atoms with van der Waals surface area (Å²) in [6, 6.07) is 6.26. The third-order valence-corrected chi connectivity index (χ3v) is 3.97. The molecule has 0 spiro atoms. The summed E-state index contributed by atoms with van der Waals surface area (Å²) in [5.41, 5.74) is 4.91. The van der Waals surface area contributed by atoms with Crippen LogP contribution in [0.2, 0.25) is 0 Å². The number of aryl methyl sites for hydroxylation is 2. The van der Waals surface area contributed by atoms with Crippen LogP contribution in [0.25, 0.3) is 10.9 Å². The molecular formula is C15H17NO2. The zero-order valence-corrected chi connectivity index (χ0v) is 10.5. The lowest BCUT2D eigenvalue weighted by Crippen LogP contribution is -2.12. The van der Waals surface area contributed by atoms with Gasteiger partial charge >= 0.3 is 5.97 Å². The molecule has 0 aliphatic heterocycles. The number of carbonyl (C=O) groups is 1. The molecule has 0 radical (unpaired) electrons. The Morgan fingerprint density at radius 2 is 2.33 bits per heavy atom. The molecule has 1 aliphatic rings. The smallest absolute Gasteiger partial charge is 0.303 e. The quantitative estimate of drug-likeness (QED) is 0.849. The van der Waals surface area contributed by atoms with Crippen LogP contribution in [0.1, 0.15) is 42.0 Å². The van der Waals surface area contributed by atoms with Gasteiger partial charge in [-0.15, -0.1) is 0 Å². The molecule has 3 heteroatoms. The number of nitrogens with one attached hydrogen (secondary N) is 1. The van der Waals surface area contributed by atoms with Crippen LogP contribution in [-0.4, -0.2) is 16.1 Å². The molecule has 0 saturated carbocycles. The minimum atomic E-state index is -0.699. The fourth-order valence-electron chi connectivity index (χ4n) is 3.19. The van der Waals surface area contributed by atoms with Crippen LogP contribution in [0.5, 0.6) is 0 Å². The summed E-state index contributed by atoms with van der Waals surface area (Å²) in [6.45, 7) is 2.09. The van der Waals surface area contributed by atoms with Gasteiger partial charge < -0.3 is 10.1 Å². The maximum absolute atomic E-state index is 11.0. The lowest BCUT2D eigenvalue weighted by molar-refractivity contribution is -0.137. The van der Waals surface area contributed by atoms with Crippen molar-refractivity contribution >= 4 is 16.9 Å². The molecule has 1 aliphatic carbocycles. The number of hydrogen-bond acceptors (Lipinski definition) is 1. The SMILES string of the molecule is Cc1cccc2c3c([nH]c12)CCCC3CC(=O)O. The second-order valence-corrected chi connectivity index (χ2v) is 5.20. The molecule has 1 heterocycles. The van der Waals surface area contributed by atoms with Crippen molar-refractivity contribution in [1.29, 1.82) is 0 Å². The zero-order chi connectivity index (χ0) is 12.7. The van der Waals surface area contributed by atoms with Gasteiger partial charge in [-0.25, -0.2) is 0 Å². The van der Waals surface area contributed by atoms with Crippen molar-refractivity contribution in [2.75, 3.05) is 0 Å². The first-order valence-corrected chi connectivity index (χ1v) is 6.48. The number of benzene rings is 1. The van der Waals surface area contributed by atoms with Crippen LogP contribution in [0.3, 0.4) is 0 Å². The van der Waals surface area contributed by atoms with E-state index in [0.29, 0.717) is 0 Å². The van der Waals surface area contributed by atoms with Crippen molar-refractivity contribution in [1.82, 2.24) is 4.98 Å². The van der Waals surface area contributed by atoms with Crippen LogP contribution in [0.4, 0.5) is 0 Å². The van der Waals surface area contributed by atoms with Gasteiger partial charge in [0.15, 0.2) is 0 Å². The Morgan fingerprint density at radius 3 is 3.11 bits per heavy atom.